The Bertz CT molecular complexity index is 377. The molecule has 1 aromatic heterocycles. The lowest BCUT2D eigenvalue weighted by atomic mass is 10.1. The first-order chi connectivity index (χ1) is 8.78. The van der Waals surface area contributed by atoms with Crippen molar-refractivity contribution in [2.45, 2.75) is 39.2 Å². The van der Waals surface area contributed by atoms with E-state index >= 15 is 0 Å². The molecule has 2 N–H and O–H groups in total. The number of nitrogens with one attached hydrogen (secondary N) is 2. The molecule has 1 aliphatic heterocycles. The molecular weight excluding hydrogens is 228 g/mol. The monoisotopic (exact) mass is 250 g/mol. The average molecular weight is 250 g/mol. The Balaban J connectivity index is 1.91. The van der Waals surface area contributed by atoms with Crippen LogP contribution >= 0.6 is 0 Å². The maximum absolute atomic E-state index is 5.69. The van der Waals surface area contributed by atoms with Gasteiger partial charge < -0.3 is 15.4 Å². The molecule has 0 aromatic carbocycles. The van der Waals surface area contributed by atoms with Crippen molar-refractivity contribution in [1.29, 1.82) is 0 Å². The summed E-state index contributed by atoms with van der Waals surface area (Å²) in [7, 11) is 0. The van der Waals surface area contributed by atoms with Crippen LogP contribution in [0.3, 0.4) is 0 Å². The van der Waals surface area contributed by atoms with Crippen LogP contribution in [0.4, 0.5) is 11.6 Å². The lowest BCUT2D eigenvalue weighted by Crippen LogP contribution is -2.27. The van der Waals surface area contributed by atoms with Gasteiger partial charge in [0.2, 0.25) is 0 Å². The second kappa shape index (κ2) is 6.54. The highest BCUT2D eigenvalue weighted by Crippen LogP contribution is 2.15. The topological polar surface area (TPSA) is 59.1 Å². The van der Waals surface area contributed by atoms with Gasteiger partial charge in [-0.2, -0.15) is 0 Å². The molecule has 1 saturated heterocycles. The predicted molar refractivity (Wildman–Crippen MR) is 73.0 cm³/mol. The van der Waals surface area contributed by atoms with E-state index in [1.807, 2.05) is 13.0 Å². The highest BCUT2D eigenvalue weighted by Gasteiger charge is 2.13. The molecule has 0 aliphatic carbocycles. The quantitative estimate of drug-likeness (QED) is 0.839. The Morgan fingerprint density at radius 3 is 2.72 bits per heavy atom. The van der Waals surface area contributed by atoms with E-state index in [9.17, 15) is 0 Å². The summed E-state index contributed by atoms with van der Waals surface area (Å²) in [5.74, 6) is 2.52. The van der Waals surface area contributed by atoms with Gasteiger partial charge in [0.25, 0.3) is 0 Å². The standard InChI is InChI=1S/C13H22N4O/c1-3-14-12-8-13(17-10(2)16-12)15-9-11-6-4-5-7-18-11/h8,11H,3-7,9H2,1-2H3,(H2,14,15,16,17). The second-order valence-corrected chi connectivity index (χ2v) is 4.59. The third kappa shape index (κ3) is 3.84. The fourth-order valence-corrected chi connectivity index (χ4v) is 2.12. The summed E-state index contributed by atoms with van der Waals surface area (Å²) in [6, 6.07) is 1.94. The average Bonchev–Trinajstić information content (AvgIpc) is 2.37. The van der Waals surface area contributed by atoms with Crippen molar-refractivity contribution in [3.8, 4) is 0 Å². The molecule has 5 heteroatoms. The van der Waals surface area contributed by atoms with Crippen LogP contribution in [0.1, 0.15) is 32.0 Å². The van der Waals surface area contributed by atoms with Crippen LogP contribution in [-0.4, -0.2) is 35.8 Å². The number of hydrogen-bond acceptors (Lipinski definition) is 5. The molecule has 2 rings (SSSR count). The normalized spacial score (nSPS) is 19.6. The Morgan fingerprint density at radius 1 is 1.28 bits per heavy atom. The van der Waals surface area contributed by atoms with Crippen molar-refractivity contribution in [2.75, 3.05) is 30.3 Å². The van der Waals surface area contributed by atoms with Gasteiger partial charge in [0.15, 0.2) is 0 Å². The van der Waals surface area contributed by atoms with Gasteiger partial charge in [-0.25, -0.2) is 9.97 Å². The van der Waals surface area contributed by atoms with Gasteiger partial charge in [0.1, 0.15) is 17.5 Å². The minimum absolute atomic E-state index is 0.316. The van der Waals surface area contributed by atoms with E-state index in [4.69, 9.17) is 4.74 Å². The summed E-state index contributed by atoms with van der Waals surface area (Å²) in [4.78, 5) is 8.71. The second-order valence-electron chi connectivity index (χ2n) is 4.59. The first-order valence-corrected chi connectivity index (χ1v) is 6.73. The van der Waals surface area contributed by atoms with Gasteiger partial charge in [-0.15, -0.1) is 0 Å². The van der Waals surface area contributed by atoms with Gasteiger partial charge in [-0.1, -0.05) is 0 Å². The number of rotatable bonds is 5. The van der Waals surface area contributed by atoms with Crippen molar-refractivity contribution in [1.82, 2.24) is 9.97 Å². The molecule has 0 bridgehead atoms. The Morgan fingerprint density at radius 2 is 2.06 bits per heavy atom. The van der Waals surface area contributed by atoms with Crippen molar-refractivity contribution >= 4 is 11.6 Å². The molecule has 1 aliphatic rings. The molecule has 1 unspecified atom stereocenters. The maximum Gasteiger partial charge on any atom is 0.131 e. The van der Waals surface area contributed by atoms with Gasteiger partial charge in [0.05, 0.1) is 6.10 Å². The summed E-state index contributed by atoms with van der Waals surface area (Å²) in [6.07, 6.45) is 3.90. The zero-order valence-corrected chi connectivity index (χ0v) is 11.2. The van der Waals surface area contributed by atoms with Crippen LogP contribution < -0.4 is 10.6 Å². The molecule has 2 heterocycles. The fraction of sp³-hybridized carbons (Fsp3) is 0.692. The molecular formula is C13H22N4O. The zero-order chi connectivity index (χ0) is 12.8. The Kier molecular flexibility index (Phi) is 4.75. The number of hydrogen-bond donors (Lipinski definition) is 2. The van der Waals surface area contributed by atoms with Crippen molar-refractivity contribution in [3.63, 3.8) is 0 Å². The van der Waals surface area contributed by atoms with E-state index in [-0.39, 0.29) is 0 Å². The van der Waals surface area contributed by atoms with Crippen LogP contribution in [0, 0.1) is 6.92 Å². The molecule has 0 radical (unpaired) electrons. The molecule has 0 amide bonds. The fourth-order valence-electron chi connectivity index (χ4n) is 2.12. The molecule has 0 spiro atoms. The molecule has 100 valence electrons. The Hall–Kier alpha value is -1.36. The summed E-state index contributed by atoms with van der Waals surface area (Å²) >= 11 is 0. The number of aromatic nitrogens is 2. The number of nitrogens with zero attached hydrogens (tertiary/aromatic N) is 2. The predicted octanol–water partition coefficient (Wildman–Crippen LogP) is 2.20. The lowest BCUT2D eigenvalue weighted by molar-refractivity contribution is 0.0247. The summed E-state index contributed by atoms with van der Waals surface area (Å²) in [5.41, 5.74) is 0. The van der Waals surface area contributed by atoms with Crippen LogP contribution in [0.2, 0.25) is 0 Å². The van der Waals surface area contributed by atoms with E-state index < -0.39 is 0 Å². The molecule has 18 heavy (non-hydrogen) atoms. The summed E-state index contributed by atoms with van der Waals surface area (Å²) in [5, 5.41) is 6.54. The van der Waals surface area contributed by atoms with Crippen LogP contribution in [-0.2, 0) is 4.74 Å². The van der Waals surface area contributed by atoms with Gasteiger partial charge >= 0.3 is 0 Å². The van der Waals surface area contributed by atoms with Gasteiger partial charge in [-0.05, 0) is 33.1 Å². The number of anilines is 2. The number of ether oxygens (including phenoxy) is 1. The van der Waals surface area contributed by atoms with Crippen LogP contribution in [0.15, 0.2) is 6.07 Å². The van der Waals surface area contributed by atoms with Crippen molar-refractivity contribution in [2.24, 2.45) is 0 Å². The molecule has 1 atom stereocenters. The van der Waals surface area contributed by atoms with E-state index in [2.05, 4.69) is 27.5 Å². The van der Waals surface area contributed by atoms with Crippen molar-refractivity contribution < 1.29 is 4.74 Å². The lowest BCUT2D eigenvalue weighted by Gasteiger charge is -2.23. The first-order valence-electron chi connectivity index (χ1n) is 6.73. The largest absolute Gasteiger partial charge is 0.376 e. The summed E-state index contributed by atoms with van der Waals surface area (Å²) < 4.78 is 5.69. The highest BCUT2D eigenvalue weighted by atomic mass is 16.5. The van der Waals surface area contributed by atoms with Crippen LogP contribution in [0.25, 0.3) is 0 Å². The molecule has 5 nitrogen and oxygen atoms in total. The molecule has 0 saturated carbocycles. The van der Waals surface area contributed by atoms with Gasteiger partial charge in [-0.3, -0.25) is 0 Å². The van der Waals surface area contributed by atoms with E-state index in [1.165, 1.54) is 12.8 Å². The van der Waals surface area contributed by atoms with Crippen LogP contribution in [0.5, 0.6) is 0 Å². The smallest absolute Gasteiger partial charge is 0.131 e. The van der Waals surface area contributed by atoms with Gasteiger partial charge in [0, 0.05) is 25.8 Å². The SMILES string of the molecule is CCNc1cc(NCC2CCCCO2)nc(C)n1. The van der Waals surface area contributed by atoms with Crippen molar-refractivity contribution in [3.05, 3.63) is 11.9 Å². The first kappa shape index (κ1) is 13.1. The highest BCUT2D eigenvalue weighted by molar-refractivity contribution is 5.47. The minimum Gasteiger partial charge on any atom is -0.376 e. The third-order valence-electron chi connectivity index (χ3n) is 2.98. The Labute approximate surface area is 108 Å². The minimum atomic E-state index is 0.316. The zero-order valence-electron chi connectivity index (χ0n) is 11.2. The molecule has 1 aromatic rings. The molecule has 1 fully saturated rings. The van der Waals surface area contributed by atoms with E-state index in [1.54, 1.807) is 0 Å². The third-order valence-corrected chi connectivity index (χ3v) is 2.98. The number of aryl methyl sites for hydroxylation is 1. The summed E-state index contributed by atoms with van der Waals surface area (Å²) in [6.45, 7) is 6.53. The van der Waals surface area contributed by atoms with E-state index in [0.717, 1.165) is 43.6 Å². The maximum atomic E-state index is 5.69. The van der Waals surface area contributed by atoms with E-state index in [0.29, 0.717) is 6.10 Å².